The summed E-state index contributed by atoms with van der Waals surface area (Å²) in [5.41, 5.74) is 0. The van der Waals surface area contributed by atoms with Crippen LogP contribution in [0.5, 0.6) is 0 Å². The monoisotopic (exact) mass is 307 g/mol. The van der Waals surface area contributed by atoms with E-state index < -0.39 is 30.9 Å². The Labute approximate surface area is 116 Å². The van der Waals surface area contributed by atoms with E-state index in [0.717, 1.165) is 6.42 Å². The van der Waals surface area contributed by atoms with Crippen LogP contribution in [0.15, 0.2) is 0 Å². The maximum Gasteiger partial charge on any atom is 0.386 e. The molecule has 7 heteroatoms. The molecule has 0 aromatic heterocycles. The fourth-order valence-corrected chi connectivity index (χ4v) is 1.69. The van der Waals surface area contributed by atoms with Gasteiger partial charge in [-0.2, -0.15) is 26.3 Å². The highest BCUT2D eigenvalue weighted by molar-refractivity contribution is 4.94. The van der Waals surface area contributed by atoms with Gasteiger partial charge in [0, 0.05) is 13.0 Å². The Morgan fingerprint density at radius 2 is 1.30 bits per heavy atom. The van der Waals surface area contributed by atoms with E-state index in [0.29, 0.717) is 19.3 Å². The van der Waals surface area contributed by atoms with Gasteiger partial charge in [-0.15, -0.1) is 0 Å². The Kier molecular flexibility index (Phi) is 7.91. The summed E-state index contributed by atoms with van der Waals surface area (Å²) >= 11 is 0. The van der Waals surface area contributed by atoms with Crippen LogP contribution in [0.4, 0.5) is 26.3 Å². The topological polar surface area (TPSA) is 12.0 Å². The van der Waals surface area contributed by atoms with E-state index in [-0.39, 0.29) is 12.8 Å². The molecule has 0 bridgehead atoms. The molecule has 0 unspecified atom stereocenters. The van der Waals surface area contributed by atoms with Gasteiger partial charge in [0.1, 0.15) is 0 Å². The first-order valence-corrected chi connectivity index (χ1v) is 7.01. The lowest BCUT2D eigenvalue weighted by Gasteiger charge is -2.33. The van der Waals surface area contributed by atoms with Crippen LogP contribution in [0.1, 0.15) is 58.8 Å². The van der Waals surface area contributed by atoms with E-state index >= 15 is 0 Å². The molecular weight excluding hydrogens is 284 g/mol. The summed E-state index contributed by atoms with van der Waals surface area (Å²) < 4.78 is 79.9. The minimum Gasteiger partial charge on any atom is -0.253 e. The fraction of sp³-hybridized carbons (Fsp3) is 1.00. The summed E-state index contributed by atoms with van der Waals surface area (Å²) in [6, 6.07) is -4.91. The van der Waals surface area contributed by atoms with Crippen molar-refractivity contribution in [2.24, 2.45) is 0 Å². The van der Waals surface area contributed by atoms with Crippen LogP contribution in [-0.4, -0.2) is 24.4 Å². The van der Waals surface area contributed by atoms with E-state index in [9.17, 15) is 26.3 Å². The quantitative estimate of drug-likeness (QED) is 0.314. The van der Waals surface area contributed by atoms with E-state index in [4.69, 9.17) is 0 Å². The average Bonchev–Trinajstić information content (AvgIpc) is 2.34. The highest BCUT2D eigenvalue weighted by Crippen LogP contribution is 2.46. The van der Waals surface area contributed by atoms with Crippen LogP contribution in [0.2, 0.25) is 0 Å². The second kappa shape index (κ2) is 8.10. The summed E-state index contributed by atoms with van der Waals surface area (Å²) in [7, 11) is 0. The Balaban J connectivity index is 4.62. The summed E-state index contributed by atoms with van der Waals surface area (Å²) in [5, 5.41) is 1.24. The maximum atomic E-state index is 13.4. The molecule has 0 amide bonds. The van der Waals surface area contributed by atoms with Crippen LogP contribution in [-0.2, 0) is 0 Å². The van der Waals surface area contributed by atoms with Crippen LogP contribution in [0, 0.1) is 0 Å². The van der Waals surface area contributed by atoms with Crippen molar-refractivity contribution in [1.29, 1.82) is 0 Å². The van der Waals surface area contributed by atoms with Gasteiger partial charge >= 0.3 is 17.9 Å². The van der Waals surface area contributed by atoms with Crippen molar-refractivity contribution in [2.75, 3.05) is 6.54 Å². The minimum atomic E-state index is -5.39. The zero-order chi connectivity index (χ0) is 15.9. The first kappa shape index (κ1) is 19.5. The van der Waals surface area contributed by atoms with Crippen LogP contribution in [0.3, 0.4) is 0 Å². The van der Waals surface area contributed by atoms with Gasteiger partial charge in [0.25, 0.3) is 0 Å². The van der Waals surface area contributed by atoms with E-state index in [2.05, 4.69) is 0 Å². The van der Waals surface area contributed by atoms with Gasteiger partial charge in [-0.25, -0.2) is 0 Å². The molecule has 0 aromatic carbocycles. The largest absolute Gasteiger partial charge is 0.386 e. The molecule has 0 atom stereocenters. The van der Waals surface area contributed by atoms with Crippen molar-refractivity contribution in [3.8, 4) is 0 Å². The van der Waals surface area contributed by atoms with Gasteiger partial charge in [-0.05, 0) is 12.8 Å². The van der Waals surface area contributed by atoms with Crippen LogP contribution in [0.25, 0.3) is 0 Å². The summed E-state index contributed by atoms with van der Waals surface area (Å²) in [6.45, 7) is 3.09. The van der Waals surface area contributed by atoms with Gasteiger partial charge < -0.3 is 0 Å². The normalized spacial score (nSPS) is 13.8. The number of alkyl halides is 6. The minimum absolute atomic E-state index is 0.193. The molecule has 0 heterocycles. The molecule has 0 radical (unpaired) electrons. The number of halogens is 6. The van der Waals surface area contributed by atoms with Crippen LogP contribution >= 0.6 is 0 Å². The number of nitrogens with one attached hydrogen (secondary N) is 1. The highest BCUT2D eigenvalue weighted by Gasteiger charge is 2.70. The number of unbranched alkanes of at least 4 members (excludes halogenated alkanes) is 4. The number of hydrogen-bond donors (Lipinski definition) is 1. The van der Waals surface area contributed by atoms with Crippen molar-refractivity contribution >= 4 is 0 Å². The van der Waals surface area contributed by atoms with Gasteiger partial charge in [-0.1, -0.05) is 39.5 Å². The third-order valence-corrected chi connectivity index (χ3v) is 3.08. The second-order valence-electron chi connectivity index (χ2n) is 4.94. The van der Waals surface area contributed by atoms with E-state index in [1.165, 1.54) is 5.32 Å². The molecule has 0 saturated heterocycles. The lowest BCUT2D eigenvalue weighted by molar-refractivity contribution is -0.320. The molecule has 0 saturated carbocycles. The summed E-state index contributed by atoms with van der Waals surface area (Å²) in [5.74, 6) is -10.1. The smallest absolute Gasteiger partial charge is 0.253 e. The number of rotatable bonds is 11. The SMILES string of the molecule is CCCCCCC(F)(F)C(F)(F)C(F)(F)NCCCC. The maximum absolute atomic E-state index is 13.4. The second-order valence-corrected chi connectivity index (χ2v) is 4.94. The van der Waals surface area contributed by atoms with Crippen molar-refractivity contribution in [3.05, 3.63) is 0 Å². The van der Waals surface area contributed by atoms with Gasteiger partial charge in [0.05, 0.1) is 0 Å². The lowest BCUT2D eigenvalue weighted by Crippen LogP contribution is -2.61. The van der Waals surface area contributed by atoms with Crippen LogP contribution < -0.4 is 5.32 Å². The van der Waals surface area contributed by atoms with E-state index in [1.54, 1.807) is 6.92 Å². The molecule has 0 aliphatic carbocycles. The fourth-order valence-electron chi connectivity index (χ4n) is 1.69. The third kappa shape index (κ3) is 5.14. The molecule has 0 aromatic rings. The molecule has 1 nitrogen and oxygen atoms in total. The molecular formula is C13H23F6N. The summed E-state index contributed by atoms with van der Waals surface area (Å²) in [4.78, 5) is 0. The first-order chi connectivity index (χ1) is 9.12. The zero-order valence-corrected chi connectivity index (χ0v) is 11.9. The summed E-state index contributed by atoms with van der Waals surface area (Å²) in [6.07, 6.45) is 0.989. The predicted octanol–water partition coefficient (Wildman–Crippen LogP) is 5.21. The highest BCUT2D eigenvalue weighted by atomic mass is 19.3. The molecule has 0 rings (SSSR count). The van der Waals surface area contributed by atoms with Gasteiger partial charge in [0.2, 0.25) is 0 Å². The van der Waals surface area contributed by atoms with E-state index in [1.807, 2.05) is 6.92 Å². The molecule has 0 spiro atoms. The molecule has 20 heavy (non-hydrogen) atoms. The molecule has 0 aliphatic heterocycles. The van der Waals surface area contributed by atoms with Crippen molar-refractivity contribution in [3.63, 3.8) is 0 Å². The van der Waals surface area contributed by atoms with Gasteiger partial charge in [-0.3, -0.25) is 5.32 Å². The standard InChI is InChI=1S/C13H23F6N/c1-3-5-7-8-9-11(14,15)12(16,17)13(18,19)20-10-6-4-2/h20H,3-10H2,1-2H3. The molecule has 0 fully saturated rings. The van der Waals surface area contributed by atoms with Gasteiger partial charge in [0.15, 0.2) is 0 Å². The Hall–Kier alpha value is -0.460. The molecule has 122 valence electrons. The number of hydrogen-bond acceptors (Lipinski definition) is 1. The third-order valence-electron chi connectivity index (χ3n) is 3.08. The Morgan fingerprint density at radius 3 is 1.80 bits per heavy atom. The average molecular weight is 307 g/mol. The lowest BCUT2D eigenvalue weighted by atomic mass is 10.0. The zero-order valence-electron chi connectivity index (χ0n) is 11.9. The molecule has 1 N–H and O–H groups in total. The Morgan fingerprint density at radius 1 is 0.750 bits per heavy atom. The predicted molar refractivity (Wildman–Crippen MR) is 66.5 cm³/mol. The van der Waals surface area contributed by atoms with Crippen molar-refractivity contribution in [2.45, 2.75) is 76.7 Å². The van der Waals surface area contributed by atoms with Crippen molar-refractivity contribution in [1.82, 2.24) is 5.32 Å². The van der Waals surface area contributed by atoms with Crippen molar-refractivity contribution < 1.29 is 26.3 Å². The Bertz CT molecular complexity index is 268. The first-order valence-electron chi connectivity index (χ1n) is 7.01. The molecule has 0 aliphatic rings.